The van der Waals surface area contributed by atoms with Gasteiger partial charge in [0.25, 0.3) is 0 Å². The Kier molecular flexibility index (Phi) is 4.33. The summed E-state index contributed by atoms with van der Waals surface area (Å²) in [5, 5.41) is 15.5. The molecule has 3 N–H and O–H groups in total. The fourth-order valence-corrected chi connectivity index (χ4v) is 2.36. The lowest BCUT2D eigenvalue weighted by atomic mass is 9.96. The van der Waals surface area contributed by atoms with Gasteiger partial charge in [-0.05, 0) is 18.0 Å². The third-order valence-corrected chi connectivity index (χ3v) is 3.56. The van der Waals surface area contributed by atoms with E-state index in [9.17, 15) is 9.90 Å². The van der Waals surface area contributed by atoms with Crippen molar-refractivity contribution in [3.8, 4) is 0 Å². The minimum absolute atomic E-state index is 0.00256. The molecule has 0 saturated carbocycles. The number of carbonyl (C=O) groups excluding carboxylic acids is 1. The lowest BCUT2D eigenvalue weighted by Crippen LogP contribution is -2.38. The molecule has 0 aromatic heterocycles. The van der Waals surface area contributed by atoms with Crippen molar-refractivity contribution in [2.24, 2.45) is 11.8 Å². The molecular weight excluding hydrogens is 228 g/mol. The summed E-state index contributed by atoms with van der Waals surface area (Å²) in [5.41, 5.74) is 0.937. The first-order valence-corrected chi connectivity index (χ1v) is 6.39. The summed E-state index contributed by atoms with van der Waals surface area (Å²) in [7, 11) is 0. The molecule has 1 aromatic rings. The van der Waals surface area contributed by atoms with Crippen LogP contribution >= 0.6 is 0 Å². The normalized spacial score (nSPS) is 24.8. The van der Waals surface area contributed by atoms with Crippen LogP contribution in [0.1, 0.15) is 18.5 Å². The summed E-state index contributed by atoms with van der Waals surface area (Å²) in [6.45, 7) is 3.60. The Balaban J connectivity index is 2.00. The van der Waals surface area contributed by atoms with Gasteiger partial charge in [0, 0.05) is 6.54 Å². The Morgan fingerprint density at radius 1 is 1.44 bits per heavy atom. The largest absolute Gasteiger partial charge is 0.394 e. The van der Waals surface area contributed by atoms with Gasteiger partial charge < -0.3 is 15.7 Å². The first kappa shape index (κ1) is 13.1. The van der Waals surface area contributed by atoms with E-state index in [4.69, 9.17) is 0 Å². The quantitative estimate of drug-likeness (QED) is 0.735. The Labute approximate surface area is 107 Å². The number of carbonyl (C=O) groups is 1. The van der Waals surface area contributed by atoms with E-state index in [1.165, 1.54) is 0 Å². The zero-order chi connectivity index (χ0) is 13.0. The Morgan fingerprint density at radius 2 is 2.17 bits per heavy atom. The van der Waals surface area contributed by atoms with Crippen molar-refractivity contribution < 1.29 is 9.90 Å². The molecule has 98 valence electrons. The number of amides is 1. The number of nitrogens with one attached hydrogen (secondary N) is 2. The summed E-state index contributed by atoms with van der Waals surface area (Å²) in [6.07, 6.45) is 0. The maximum absolute atomic E-state index is 12.1. The van der Waals surface area contributed by atoms with Gasteiger partial charge in [-0.25, -0.2) is 0 Å². The second-order valence-corrected chi connectivity index (χ2v) is 4.90. The predicted octanol–water partition coefficient (Wildman–Crippen LogP) is 0.692. The summed E-state index contributed by atoms with van der Waals surface area (Å²) >= 11 is 0. The molecule has 3 atom stereocenters. The monoisotopic (exact) mass is 248 g/mol. The van der Waals surface area contributed by atoms with Crippen LogP contribution in [-0.2, 0) is 4.79 Å². The summed E-state index contributed by atoms with van der Waals surface area (Å²) < 4.78 is 0. The Morgan fingerprint density at radius 3 is 2.72 bits per heavy atom. The topological polar surface area (TPSA) is 61.4 Å². The Hall–Kier alpha value is -1.39. The van der Waals surface area contributed by atoms with E-state index < -0.39 is 0 Å². The van der Waals surface area contributed by atoms with Crippen LogP contribution in [0.3, 0.4) is 0 Å². The highest BCUT2D eigenvalue weighted by Gasteiger charge is 2.30. The van der Waals surface area contributed by atoms with Crippen molar-refractivity contribution in [1.29, 1.82) is 0 Å². The summed E-state index contributed by atoms with van der Waals surface area (Å²) in [6, 6.07) is 9.25. The molecule has 2 rings (SSSR count). The van der Waals surface area contributed by atoms with Crippen molar-refractivity contribution in [1.82, 2.24) is 10.6 Å². The first-order valence-electron chi connectivity index (χ1n) is 6.39. The second kappa shape index (κ2) is 5.98. The van der Waals surface area contributed by atoms with Gasteiger partial charge in [0.1, 0.15) is 0 Å². The van der Waals surface area contributed by atoms with Gasteiger partial charge in [-0.3, -0.25) is 4.79 Å². The highest BCUT2D eigenvalue weighted by molar-refractivity contribution is 5.80. The smallest absolute Gasteiger partial charge is 0.225 e. The maximum atomic E-state index is 12.1. The van der Waals surface area contributed by atoms with Crippen LogP contribution < -0.4 is 10.6 Å². The van der Waals surface area contributed by atoms with E-state index >= 15 is 0 Å². The molecule has 0 bridgehead atoms. The van der Waals surface area contributed by atoms with Crippen LogP contribution in [0.25, 0.3) is 0 Å². The molecule has 1 fully saturated rings. The molecule has 0 aliphatic carbocycles. The minimum atomic E-state index is -0.313. The number of benzene rings is 1. The number of hydrogen-bond donors (Lipinski definition) is 3. The van der Waals surface area contributed by atoms with Gasteiger partial charge in [-0.1, -0.05) is 37.3 Å². The lowest BCUT2D eigenvalue weighted by Gasteiger charge is -2.20. The van der Waals surface area contributed by atoms with Crippen molar-refractivity contribution >= 4 is 5.91 Å². The number of aliphatic hydroxyl groups excluding tert-OH is 1. The maximum Gasteiger partial charge on any atom is 0.225 e. The molecule has 4 heteroatoms. The van der Waals surface area contributed by atoms with E-state index in [-0.39, 0.29) is 24.5 Å². The third-order valence-electron chi connectivity index (χ3n) is 3.56. The molecule has 1 amide bonds. The van der Waals surface area contributed by atoms with Gasteiger partial charge in [0.2, 0.25) is 5.91 Å². The van der Waals surface area contributed by atoms with Crippen LogP contribution in [0, 0.1) is 11.8 Å². The summed E-state index contributed by atoms with van der Waals surface area (Å²) in [4.78, 5) is 12.1. The highest BCUT2D eigenvalue weighted by atomic mass is 16.3. The van der Waals surface area contributed by atoms with E-state index in [0.717, 1.165) is 18.7 Å². The average Bonchev–Trinajstić information content (AvgIpc) is 2.83. The first-order chi connectivity index (χ1) is 8.72. The summed E-state index contributed by atoms with van der Waals surface area (Å²) in [5.74, 6) is 0.373. The van der Waals surface area contributed by atoms with E-state index in [1.807, 2.05) is 30.3 Å². The molecule has 1 unspecified atom stereocenters. The second-order valence-electron chi connectivity index (χ2n) is 4.90. The number of hydrogen-bond acceptors (Lipinski definition) is 3. The zero-order valence-corrected chi connectivity index (χ0v) is 10.6. The fraction of sp³-hybridized carbons (Fsp3) is 0.500. The molecule has 1 aliphatic rings. The molecule has 1 aromatic carbocycles. The minimum Gasteiger partial charge on any atom is -0.394 e. The fourth-order valence-electron chi connectivity index (χ4n) is 2.36. The number of rotatable bonds is 4. The zero-order valence-electron chi connectivity index (χ0n) is 10.6. The van der Waals surface area contributed by atoms with Crippen molar-refractivity contribution in [3.05, 3.63) is 35.9 Å². The standard InChI is InChI=1S/C14H20N2O2/c1-10-7-15-8-12(10)14(18)16-13(9-17)11-5-3-2-4-6-11/h2-6,10,12-13,15,17H,7-9H2,1H3,(H,16,18)/t10-,12-,13?/m1/s1. The molecule has 0 spiro atoms. The van der Waals surface area contributed by atoms with E-state index in [0.29, 0.717) is 5.92 Å². The SMILES string of the molecule is C[C@@H]1CNC[C@H]1C(=O)NC(CO)c1ccccc1. The van der Waals surface area contributed by atoms with Crippen LogP contribution in [0.15, 0.2) is 30.3 Å². The van der Waals surface area contributed by atoms with Crippen molar-refractivity contribution in [2.75, 3.05) is 19.7 Å². The van der Waals surface area contributed by atoms with Gasteiger partial charge in [0.15, 0.2) is 0 Å². The highest BCUT2D eigenvalue weighted by Crippen LogP contribution is 2.18. The van der Waals surface area contributed by atoms with Gasteiger partial charge in [0.05, 0.1) is 18.6 Å². The lowest BCUT2D eigenvalue weighted by molar-refractivity contribution is -0.126. The van der Waals surface area contributed by atoms with Crippen molar-refractivity contribution in [3.63, 3.8) is 0 Å². The predicted molar refractivity (Wildman–Crippen MR) is 69.9 cm³/mol. The molecular formula is C14H20N2O2. The molecule has 18 heavy (non-hydrogen) atoms. The van der Waals surface area contributed by atoms with Crippen LogP contribution in [0.5, 0.6) is 0 Å². The van der Waals surface area contributed by atoms with Crippen LogP contribution in [0.4, 0.5) is 0 Å². The van der Waals surface area contributed by atoms with Gasteiger partial charge >= 0.3 is 0 Å². The van der Waals surface area contributed by atoms with Crippen molar-refractivity contribution in [2.45, 2.75) is 13.0 Å². The molecule has 1 aliphatic heterocycles. The van der Waals surface area contributed by atoms with Gasteiger partial charge in [-0.15, -0.1) is 0 Å². The number of aliphatic hydroxyl groups is 1. The van der Waals surface area contributed by atoms with Crippen LogP contribution in [0.2, 0.25) is 0 Å². The molecule has 4 nitrogen and oxygen atoms in total. The Bertz CT molecular complexity index is 394. The average molecular weight is 248 g/mol. The third kappa shape index (κ3) is 2.89. The molecule has 0 radical (unpaired) electrons. The van der Waals surface area contributed by atoms with Crippen LogP contribution in [-0.4, -0.2) is 30.7 Å². The van der Waals surface area contributed by atoms with Gasteiger partial charge in [-0.2, -0.15) is 0 Å². The molecule has 1 heterocycles. The van der Waals surface area contributed by atoms with E-state index in [2.05, 4.69) is 17.6 Å². The van der Waals surface area contributed by atoms with E-state index in [1.54, 1.807) is 0 Å². The molecule has 1 saturated heterocycles.